The maximum atomic E-state index is 11.0. The molecule has 1 atom stereocenters. The summed E-state index contributed by atoms with van der Waals surface area (Å²) in [5.41, 5.74) is 3.18. The summed E-state index contributed by atoms with van der Waals surface area (Å²) < 4.78 is 0. The fraction of sp³-hybridized carbons (Fsp3) is 0.273. The summed E-state index contributed by atoms with van der Waals surface area (Å²) in [7, 11) is 0. The Labute approximate surface area is 179 Å². The van der Waals surface area contributed by atoms with Gasteiger partial charge in [0.15, 0.2) is 0 Å². The van der Waals surface area contributed by atoms with Crippen molar-refractivity contribution in [2.45, 2.75) is 33.7 Å². The fourth-order valence-electron chi connectivity index (χ4n) is 2.01. The topological polar surface area (TPSA) is 52.5 Å². The number of carbonyl (C=O) groups is 1. The summed E-state index contributed by atoms with van der Waals surface area (Å²) >= 11 is 0. The number of aliphatic imine (C=N–C) groups is 1. The zero-order valence-corrected chi connectivity index (χ0v) is 18.3. The molecule has 0 saturated carbocycles. The third-order valence-corrected chi connectivity index (χ3v) is 3.48. The molecule has 4 heteroatoms. The minimum absolute atomic E-state index is 0. The number of nitrogens with zero attached hydrogens (tertiary/aromatic N) is 1. The summed E-state index contributed by atoms with van der Waals surface area (Å²) in [6.45, 7) is 7.54. The Morgan fingerprint density at radius 2 is 1.62 bits per heavy atom. The third kappa shape index (κ3) is 10.3. The van der Waals surface area contributed by atoms with E-state index in [4.69, 9.17) is 0 Å². The van der Waals surface area contributed by atoms with Crippen LogP contribution >= 0.6 is 0 Å². The molecule has 0 spiro atoms. The number of carboxylic acid groups (broad SMARTS) is 1. The molecule has 0 aliphatic carbocycles. The van der Waals surface area contributed by atoms with Gasteiger partial charge in [0.25, 0.3) is 0 Å². The van der Waals surface area contributed by atoms with E-state index in [0.717, 1.165) is 11.1 Å². The fourth-order valence-corrected chi connectivity index (χ4v) is 2.01. The Balaban J connectivity index is 0.00000625. The molecule has 0 saturated heterocycles. The van der Waals surface area contributed by atoms with Crippen LogP contribution in [0.3, 0.4) is 0 Å². The second kappa shape index (κ2) is 13.5. The second-order valence-electron chi connectivity index (χ2n) is 6.24. The summed E-state index contributed by atoms with van der Waals surface area (Å²) in [5, 5.41) is 11.0. The molecule has 26 heavy (non-hydrogen) atoms. The van der Waals surface area contributed by atoms with Gasteiger partial charge in [0, 0.05) is 6.21 Å². The number of rotatable bonds is 8. The van der Waals surface area contributed by atoms with Gasteiger partial charge in [0.05, 0.1) is 12.0 Å². The monoisotopic (exact) mass is 359 g/mol. The van der Waals surface area contributed by atoms with Crippen molar-refractivity contribution in [2.75, 3.05) is 0 Å². The van der Waals surface area contributed by atoms with E-state index in [-0.39, 0.29) is 35.5 Å². The molecule has 0 bridgehead atoms. The molecule has 0 amide bonds. The first-order valence-electron chi connectivity index (χ1n) is 8.39. The maximum absolute atomic E-state index is 11.0. The first-order valence-corrected chi connectivity index (χ1v) is 8.39. The normalized spacial score (nSPS) is 14.3. The van der Waals surface area contributed by atoms with Crippen molar-refractivity contribution in [3.05, 3.63) is 77.4 Å². The van der Waals surface area contributed by atoms with Crippen molar-refractivity contribution in [2.24, 2.45) is 10.9 Å². The first kappa shape index (κ1) is 24.3. The number of allylic oxidation sites excluding steroid dienone is 7. The number of aliphatic carboxylic acids is 1. The van der Waals surface area contributed by atoms with E-state index in [1.165, 1.54) is 5.56 Å². The molecule has 1 aromatic carbocycles. The van der Waals surface area contributed by atoms with Crippen LogP contribution in [0.4, 0.5) is 0 Å². The Morgan fingerprint density at radius 3 is 2.15 bits per heavy atom. The zero-order chi connectivity index (χ0) is 18.7. The van der Waals surface area contributed by atoms with Crippen molar-refractivity contribution in [3.63, 3.8) is 0 Å². The van der Waals surface area contributed by atoms with Gasteiger partial charge in [-0.1, -0.05) is 86.2 Å². The summed E-state index contributed by atoms with van der Waals surface area (Å²) in [6, 6.07) is 9.33. The van der Waals surface area contributed by atoms with Gasteiger partial charge >= 0.3 is 29.6 Å². The Kier molecular flexibility index (Phi) is 12.6. The molecule has 0 heterocycles. The van der Waals surface area contributed by atoms with Crippen molar-refractivity contribution in [3.8, 4) is 0 Å². The van der Waals surface area contributed by atoms with Crippen molar-refractivity contribution in [1.82, 2.24) is 0 Å². The predicted molar refractivity (Wildman–Crippen MR) is 104 cm³/mol. The molecule has 0 aliphatic heterocycles. The van der Waals surface area contributed by atoms with Crippen LogP contribution in [0, 0.1) is 5.92 Å². The van der Waals surface area contributed by atoms with E-state index in [1.807, 2.05) is 70.2 Å². The molecule has 1 rings (SSSR count). The first-order chi connectivity index (χ1) is 11.9. The van der Waals surface area contributed by atoms with Crippen LogP contribution in [-0.4, -0.2) is 18.2 Å². The average Bonchev–Trinajstić information content (AvgIpc) is 2.57. The van der Waals surface area contributed by atoms with E-state index in [1.54, 1.807) is 6.21 Å². The van der Waals surface area contributed by atoms with E-state index in [9.17, 15) is 9.90 Å². The summed E-state index contributed by atoms with van der Waals surface area (Å²) in [4.78, 5) is 15.1. The zero-order valence-electron chi connectivity index (χ0n) is 16.3. The molecule has 3 nitrogen and oxygen atoms in total. The molecule has 132 valence electrons. The Morgan fingerprint density at radius 1 is 1.04 bits per heavy atom. The largest absolute Gasteiger partial charge is 1.00 e. The van der Waals surface area contributed by atoms with Crippen LogP contribution in [0.1, 0.15) is 33.3 Å². The van der Waals surface area contributed by atoms with Crippen LogP contribution in [0.25, 0.3) is 6.08 Å². The van der Waals surface area contributed by atoms with Gasteiger partial charge in [-0.3, -0.25) is 4.99 Å². The van der Waals surface area contributed by atoms with Crippen LogP contribution in [-0.2, 0) is 4.79 Å². The van der Waals surface area contributed by atoms with E-state index >= 15 is 0 Å². The van der Waals surface area contributed by atoms with Gasteiger partial charge in [0.2, 0.25) is 0 Å². The predicted octanol–water partition coefficient (Wildman–Crippen LogP) is 0.998. The molecule has 0 N–H and O–H groups in total. The van der Waals surface area contributed by atoms with Gasteiger partial charge < -0.3 is 9.90 Å². The van der Waals surface area contributed by atoms with Crippen LogP contribution < -0.4 is 34.7 Å². The van der Waals surface area contributed by atoms with Crippen LogP contribution in [0.5, 0.6) is 0 Å². The number of benzene rings is 1. The van der Waals surface area contributed by atoms with Gasteiger partial charge in [-0.2, -0.15) is 0 Å². The van der Waals surface area contributed by atoms with E-state index in [0.29, 0.717) is 0 Å². The number of carbonyl (C=O) groups excluding carboxylic acids is 1. The van der Waals surface area contributed by atoms with Gasteiger partial charge in [-0.05, 0) is 30.9 Å². The van der Waals surface area contributed by atoms with Crippen LogP contribution in [0.15, 0.2) is 76.9 Å². The van der Waals surface area contributed by atoms with E-state index in [2.05, 4.69) is 29.3 Å². The Hall–Kier alpha value is -1.68. The molecular formula is C22H26NNaO2. The summed E-state index contributed by atoms with van der Waals surface area (Å²) in [6.07, 6.45) is 13.5. The number of carboxylic acids is 1. The van der Waals surface area contributed by atoms with E-state index < -0.39 is 12.0 Å². The molecule has 0 aromatic heterocycles. The molecule has 0 unspecified atom stereocenters. The molecule has 0 aliphatic rings. The average molecular weight is 359 g/mol. The standard InChI is InChI=1S/C22H27NO2.Na/c1-17(2)21(22(24)25)23-16-19(4)11-9-8-10-18(3)14-15-20-12-6-5-7-13-20;/h5-17,21H,1-4H3,(H,24,25);/q;+1/p-1/b9-8+,15-14+,18-10+,19-11+,23-16?;/t21-;/m0./s1. The summed E-state index contributed by atoms with van der Waals surface area (Å²) in [5.74, 6) is -1.23. The Bertz CT molecular complexity index is 698. The van der Waals surface area contributed by atoms with Crippen molar-refractivity contribution < 1.29 is 39.5 Å². The minimum atomic E-state index is -1.14. The second-order valence-corrected chi connectivity index (χ2v) is 6.24. The number of hydrogen-bond donors (Lipinski definition) is 0. The molecule has 0 radical (unpaired) electrons. The molecule has 1 aromatic rings. The third-order valence-electron chi connectivity index (χ3n) is 3.48. The van der Waals surface area contributed by atoms with Crippen molar-refractivity contribution >= 4 is 18.3 Å². The van der Waals surface area contributed by atoms with Gasteiger partial charge in [0.1, 0.15) is 0 Å². The van der Waals surface area contributed by atoms with Crippen LogP contribution in [0.2, 0.25) is 0 Å². The molecular weight excluding hydrogens is 333 g/mol. The maximum Gasteiger partial charge on any atom is 1.00 e. The smallest absolute Gasteiger partial charge is 0.548 e. The molecule has 0 fully saturated rings. The van der Waals surface area contributed by atoms with Crippen molar-refractivity contribution in [1.29, 1.82) is 0 Å². The quantitative estimate of drug-likeness (QED) is 0.395. The number of hydrogen-bond acceptors (Lipinski definition) is 3. The van der Waals surface area contributed by atoms with Gasteiger partial charge in [-0.15, -0.1) is 0 Å². The minimum Gasteiger partial charge on any atom is -0.548 e. The SMILES string of the molecule is C\C(C=N[C@H](C(=O)[O-])C(C)C)=C/C=C/C=C(C)/C=C/c1ccccc1.[Na+]. The van der Waals surface area contributed by atoms with Gasteiger partial charge in [-0.25, -0.2) is 0 Å².